The summed E-state index contributed by atoms with van der Waals surface area (Å²) in [5, 5.41) is 16.4. The summed E-state index contributed by atoms with van der Waals surface area (Å²) >= 11 is 0. The number of nitrogens with one attached hydrogen (secondary N) is 2. The highest BCUT2D eigenvalue weighted by atomic mass is 16.3. The van der Waals surface area contributed by atoms with E-state index in [-0.39, 0.29) is 17.5 Å². The van der Waals surface area contributed by atoms with Gasteiger partial charge < -0.3 is 21.1 Å². The number of nitrogens with two attached hydrogens (primary N) is 1. The second kappa shape index (κ2) is 10.6. The van der Waals surface area contributed by atoms with Crippen molar-refractivity contribution in [1.82, 2.24) is 15.3 Å². The van der Waals surface area contributed by atoms with E-state index in [0.717, 1.165) is 73.9 Å². The second-order valence-electron chi connectivity index (χ2n) is 14.8. The predicted octanol–water partition coefficient (Wildman–Crippen LogP) is 6.08. The van der Waals surface area contributed by atoms with Crippen LogP contribution in [0.15, 0.2) is 12.5 Å². The third-order valence-corrected chi connectivity index (χ3v) is 12.5. The van der Waals surface area contributed by atoms with Crippen molar-refractivity contribution in [2.45, 2.75) is 129 Å². The van der Waals surface area contributed by atoms with Gasteiger partial charge in [-0.2, -0.15) is 0 Å². The van der Waals surface area contributed by atoms with Crippen molar-refractivity contribution in [3.63, 3.8) is 0 Å². The van der Waals surface area contributed by atoms with Crippen LogP contribution in [0.4, 0.5) is 0 Å². The molecule has 0 saturated heterocycles. The number of hydrogen-bond donors (Lipinski definition) is 4. The molecule has 10 atom stereocenters. The molecule has 37 heavy (non-hydrogen) atoms. The highest BCUT2D eigenvalue weighted by molar-refractivity contribution is 5.19. The predicted molar refractivity (Wildman–Crippen MR) is 152 cm³/mol. The Bertz CT molecular complexity index is 887. The van der Waals surface area contributed by atoms with Gasteiger partial charge in [0.25, 0.3) is 0 Å². The van der Waals surface area contributed by atoms with Crippen molar-refractivity contribution in [2.75, 3.05) is 6.54 Å². The molecule has 1 heterocycles. The fourth-order valence-corrected chi connectivity index (χ4v) is 10.4. The summed E-state index contributed by atoms with van der Waals surface area (Å²) < 4.78 is 0. The molecule has 0 aromatic carbocycles. The van der Waals surface area contributed by atoms with Gasteiger partial charge in [0.1, 0.15) is 0 Å². The molecule has 1 aromatic heterocycles. The van der Waals surface area contributed by atoms with Crippen LogP contribution in [0, 0.1) is 46.3 Å². The van der Waals surface area contributed by atoms with Gasteiger partial charge in [-0.3, -0.25) is 0 Å². The lowest BCUT2D eigenvalue weighted by atomic mass is 9.41. The number of fused-ring (bicyclic) bond motifs is 5. The van der Waals surface area contributed by atoms with Crippen molar-refractivity contribution in [1.29, 1.82) is 0 Å². The molecule has 0 radical (unpaired) electrons. The maximum Gasteiger partial charge on any atom is 0.0921 e. The van der Waals surface area contributed by atoms with Crippen molar-refractivity contribution in [3.8, 4) is 0 Å². The zero-order valence-corrected chi connectivity index (χ0v) is 24.4. The van der Waals surface area contributed by atoms with E-state index < -0.39 is 5.60 Å². The molecular weight excluding hydrogens is 456 g/mol. The topological polar surface area (TPSA) is 87.0 Å². The van der Waals surface area contributed by atoms with Gasteiger partial charge >= 0.3 is 0 Å². The molecule has 5 N–H and O–H groups in total. The van der Waals surface area contributed by atoms with Gasteiger partial charge in [-0.05, 0) is 92.3 Å². The zero-order valence-electron chi connectivity index (χ0n) is 24.4. The minimum absolute atomic E-state index is 0.0419. The molecule has 1 unspecified atom stereocenters. The van der Waals surface area contributed by atoms with Crippen LogP contribution in [-0.2, 0) is 6.42 Å². The fourth-order valence-electron chi connectivity index (χ4n) is 10.4. The monoisotopic (exact) mass is 512 g/mol. The summed E-state index contributed by atoms with van der Waals surface area (Å²) in [4.78, 5) is 7.42. The normalized spacial score (nSPS) is 44.3. The minimum Gasteiger partial charge on any atom is -0.388 e. The van der Waals surface area contributed by atoms with Crippen LogP contribution in [-0.4, -0.2) is 39.3 Å². The number of aliphatic hydroxyl groups is 1. The number of rotatable bonds is 9. The van der Waals surface area contributed by atoms with Crippen LogP contribution >= 0.6 is 0 Å². The van der Waals surface area contributed by atoms with Gasteiger partial charge in [0, 0.05) is 42.4 Å². The van der Waals surface area contributed by atoms with Crippen molar-refractivity contribution in [3.05, 3.63) is 18.2 Å². The third-order valence-electron chi connectivity index (χ3n) is 12.5. The van der Waals surface area contributed by atoms with Crippen LogP contribution in [0.1, 0.15) is 111 Å². The van der Waals surface area contributed by atoms with Crippen LogP contribution < -0.4 is 11.1 Å². The Balaban J connectivity index is 1.36. The SMILES string of the molecule is CC(C)CCCC(C)[C@H]1CC[C@H]2[C@@H]3C[C@@H](NCCc4cnc[nH]4)[C@@]4(O)C[C@@H](N)CC[C@]4(C)[C@H]3CC[C@]12C. The molecule has 5 rings (SSSR count). The van der Waals surface area contributed by atoms with E-state index in [2.05, 4.69) is 49.9 Å². The Morgan fingerprint density at radius 3 is 2.65 bits per heavy atom. The highest BCUT2D eigenvalue weighted by Gasteiger charge is 2.67. The van der Waals surface area contributed by atoms with Crippen LogP contribution in [0.2, 0.25) is 0 Å². The van der Waals surface area contributed by atoms with Gasteiger partial charge in [-0.15, -0.1) is 0 Å². The molecule has 4 aliphatic rings. The molecule has 210 valence electrons. The third kappa shape index (κ3) is 4.84. The van der Waals surface area contributed by atoms with E-state index >= 15 is 0 Å². The Hall–Kier alpha value is -0.910. The van der Waals surface area contributed by atoms with Gasteiger partial charge in [-0.25, -0.2) is 4.98 Å². The number of aromatic amines is 1. The largest absolute Gasteiger partial charge is 0.388 e. The van der Waals surface area contributed by atoms with E-state index in [1.54, 1.807) is 6.33 Å². The second-order valence-corrected chi connectivity index (χ2v) is 14.8. The van der Waals surface area contributed by atoms with E-state index in [1.807, 2.05) is 6.20 Å². The number of aromatic nitrogens is 2. The Morgan fingerprint density at radius 2 is 1.92 bits per heavy atom. The van der Waals surface area contributed by atoms with Crippen molar-refractivity contribution in [2.24, 2.45) is 52.1 Å². The van der Waals surface area contributed by atoms with E-state index in [1.165, 1.54) is 44.9 Å². The lowest BCUT2D eigenvalue weighted by Crippen LogP contribution is -2.72. The molecule has 0 amide bonds. The van der Waals surface area contributed by atoms with Gasteiger partial charge in [0.05, 0.1) is 11.9 Å². The average molecular weight is 513 g/mol. The number of nitrogens with zero attached hydrogens (tertiary/aromatic N) is 1. The summed E-state index contributed by atoms with van der Waals surface area (Å²) in [6.07, 6.45) is 18.2. The van der Waals surface area contributed by atoms with E-state index in [9.17, 15) is 5.11 Å². The maximum atomic E-state index is 12.5. The van der Waals surface area contributed by atoms with Gasteiger partial charge in [-0.1, -0.05) is 53.9 Å². The average Bonchev–Trinajstić information content (AvgIpc) is 3.48. The van der Waals surface area contributed by atoms with Crippen LogP contribution in [0.3, 0.4) is 0 Å². The first-order valence-electron chi connectivity index (χ1n) is 15.8. The van der Waals surface area contributed by atoms with E-state index in [0.29, 0.717) is 11.3 Å². The van der Waals surface area contributed by atoms with E-state index in [4.69, 9.17) is 5.73 Å². The summed E-state index contributed by atoms with van der Waals surface area (Å²) in [6, 6.07) is 0.237. The lowest BCUT2D eigenvalue weighted by Gasteiger charge is -2.66. The molecule has 4 saturated carbocycles. The first-order valence-corrected chi connectivity index (χ1v) is 15.8. The molecule has 5 nitrogen and oxygen atoms in total. The maximum absolute atomic E-state index is 12.5. The first kappa shape index (κ1) is 27.6. The molecule has 0 spiro atoms. The van der Waals surface area contributed by atoms with Crippen molar-refractivity contribution < 1.29 is 5.11 Å². The van der Waals surface area contributed by atoms with Gasteiger partial charge in [0.2, 0.25) is 0 Å². The molecule has 5 heteroatoms. The van der Waals surface area contributed by atoms with Crippen molar-refractivity contribution >= 4 is 0 Å². The molecule has 0 aliphatic heterocycles. The number of imidazole rings is 1. The molecule has 1 aromatic rings. The molecule has 0 bridgehead atoms. The molecular formula is C32H56N4O. The first-order chi connectivity index (χ1) is 17.6. The van der Waals surface area contributed by atoms with Gasteiger partial charge in [0.15, 0.2) is 0 Å². The number of H-pyrrole nitrogens is 1. The minimum atomic E-state index is -0.713. The van der Waals surface area contributed by atoms with Crippen LogP contribution in [0.25, 0.3) is 0 Å². The Kier molecular flexibility index (Phi) is 7.90. The Morgan fingerprint density at radius 1 is 1.11 bits per heavy atom. The summed E-state index contributed by atoms with van der Waals surface area (Å²) in [5.74, 6) is 4.66. The smallest absolute Gasteiger partial charge is 0.0921 e. The number of hydrogen-bond acceptors (Lipinski definition) is 4. The molecule has 4 aliphatic carbocycles. The highest BCUT2D eigenvalue weighted by Crippen LogP contribution is 2.69. The van der Waals surface area contributed by atoms with Crippen LogP contribution in [0.5, 0.6) is 0 Å². The lowest BCUT2D eigenvalue weighted by molar-refractivity contribution is -0.222. The Labute approximate surface area is 226 Å². The summed E-state index contributed by atoms with van der Waals surface area (Å²) in [6.45, 7) is 13.3. The fraction of sp³-hybridized carbons (Fsp3) is 0.906. The quantitative estimate of drug-likeness (QED) is 0.323. The zero-order chi connectivity index (χ0) is 26.4. The molecule has 4 fully saturated rings. The summed E-state index contributed by atoms with van der Waals surface area (Å²) in [7, 11) is 0. The standard InChI is InChI=1S/C32H56N4O/c1-21(2)7-6-8-22(3)26-9-10-27-25-17-29(35-16-13-24-19-34-20-36-24)32(37)18-23(33)11-15-31(32,5)28(25)12-14-30(26,27)4/h19-23,25-29,35,37H,6-18,33H2,1-5H3,(H,34,36)/t22?,23-,25-,26+,27-,28-,29+,30+,31+,32-/m0/s1. The summed E-state index contributed by atoms with van der Waals surface area (Å²) in [5.41, 5.74) is 7.41.